The second-order valence-electron chi connectivity index (χ2n) is 12.7. The van der Waals surface area contributed by atoms with E-state index in [0.717, 1.165) is 57.5 Å². The van der Waals surface area contributed by atoms with E-state index >= 15 is 0 Å². The van der Waals surface area contributed by atoms with Gasteiger partial charge in [-0.25, -0.2) is 0 Å². The number of benzene rings is 4. The van der Waals surface area contributed by atoms with Gasteiger partial charge < -0.3 is 9.80 Å². The Balaban J connectivity index is 1.12. The molecule has 0 bridgehead atoms. The lowest BCUT2D eigenvalue weighted by molar-refractivity contribution is 0.0614. The van der Waals surface area contributed by atoms with Crippen molar-refractivity contribution < 1.29 is 4.79 Å². The summed E-state index contributed by atoms with van der Waals surface area (Å²) in [6, 6.07) is 39.1. The van der Waals surface area contributed by atoms with Gasteiger partial charge in [0.05, 0.1) is 0 Å². The summed E-state index contributed by atoms with van der Waals surface area (Å²) in [7, 11) is 0. The minimum absolute atomic E-state index is 0.175. The first kappa shape index (κ1) is 30.1. The summed E-state index contributed by atoms with van der Waals surface area (Å²) in [5.41, 5.74) is 7.27. The second-order valence-corrected chi connectivity index (χ2v) is 12.7. The number of hydrogen-bond acceptors (Lipinski definition) is 3. The quantitative estimate of drug-likeness (QED) is 0.187. The smallest absolute Gasteiger partial charge is 0.254 e. The van der Waals surface area contributed by atoms with E-state index < -0.39 is 0 Å². The van der Waals surface area contributed by atoms with Crippen LogP contribution >= 0.6 is 0 Å². The summed E-state index contributed by atoms with van der Waals surface area (Å²) in [5.74, 6) is 0.580. The van der Waals surface area contributed by atoms with Gasteiger partial charge in [0.15, 0.2) is 0 Å². The molecule has 44 heavy (non-hydrogen) atoms. The van der Waals surface area contributed by atoms with E-state index in [0.29, 0.717) is 18.5 Å². The fraction of sp³-hybridized carbons (Fsp3) is 0.375. The van der Waals surface area contributed by atoms with Crippen molar-refractivity contribution in [3.63, 3.8) is 0 Å². The highest BCUT2D eigenvalue weighted by Gasteiger charge is 2.28. The van der Waals surface area contributed by atoms with Crippen LogP contribution in [0.1, 0.15) is 77.1 Å². The molecule has 1 heterocycles. The second kappa shape index (κ2) is 14.7. The van der Waals surface area contributed by atoms with Crippen LogP contribution in [0.2, 0.25) is 0 Å². The van der Waals surface area contributed by atoms with Crippen LogP contribution in [-0.4, -0.2) is 54.5 Å². The molecule has 1 saturated carbocycles. The van der Waals surface area contributed by atoms with Crippen molar-refractivity contribution >= 4 is 11.6 Å². The highest BCUT2D eigenvalue weighted by Crippen LogP contribution is 2.30. The lowest BCUT2D eigenvalue weighted by Gasteiger charge is -2.38. The average molecular weight is 586 g/mol. The molecular weight excluding hydrogens is 538 g/mol. The molecule has 4 nitrogen and oxygen atoms in total. The molecule has 6 rings (SSSR count). The normalized spacial score (nSPS) is 16.3. The Morgan fingerprint density at radius 2 is 1.34 bits per heavy atom. The lowest BCUT2D eigenvalue weighted by Crippen LogP contribution is -2.47. The van der Waals surface area contributed by atoms with Gasteiger partial charge in [-0.15, -0.1) is 0 Å². The number of nitrogens with zero attached hydrogens (tertiary/aromatic N) is 3. The van der Waals surface area contributed by atoms with Crippen molar-refractivity contribution in [2.45, 2.75) is 64.0 Å². The van der Waals surface area contributed by atoms with Crippen molar-refractivity contribution in [3.8, 4) is 0 Å². The summed E-state index contributed by atoms with van der Waals surface area (Å²) in [6.07, 6.45) is 7.02. The molecule has 0 unspecified atom stereocenters. The summed E-state index contributed by atoms with van der Waals surface area (Å²) in [4.78, 5) is 21.4. The molecule has 0 aromatic heterocycles. The minimum atomic E-state index is 0.175. The summed E-state index contributed by atoms with van der Waals surface area (Å²) < 4.78 is 0. The van der Waals surface area contributed by atoms with Gasteiger partial charge in [-0.1, -0.05) is 116 Å². The van der Waals surface area contributed by atoms with Gasteiger partial charge in [0, 0.05) is 55.9 Å². The standard InChI is InChI=1S/C40H47N3O/c1-32-22-23-36(40(44)43(37-20-12-5-13-21-37)31-33-14-6-2-7-15-33)30-39(32)42-28-26-41(27-29-42)25-24-38(34-16-8-3-9-17-34)35-18-10-4-11-19-35/h2-4,6-11,14-19,22-23,30,37-38H,5,12-13,20-21,24-29,31H2,1H3. The molecule has 1 aliphatic carbocycles. The Hall–Kier alpha value is -3.89. The maximum atomic E-state index is 14.1. The Morgan fingerprint density at radius 1 is 0.750 bits per heavy atom. The molecule has 4 aromatic rings. The van der Waals surface area contributed by atoms with Crippen LogP contribution in [0.25, 0.3) is 0 Å². The molecule has 0 atom stereocenters. The number of carbonyl (C=O) groups excluding carboxylic acids is 1. The Labute approximate surface area is 264 Å². The Morgan fingerprint density at radius 3 is 1.95 bits per heavy atom. The molecule has 4 aromatic carbocycles. The first-order chi connectivity index (χ1) is 21.7. The van der Waals surface area contributed by atoms with Crippen molar-refractivity contribution in [3.05, 3.63) is 137 Å². The van der Waals surface area contributed by atoms with Gasteiger partial charge in [-0.3, -0.25) is 9.69 Å². The molecule has 228 valence electrons. The number of carbonyl (C=O) groups is 1. The number of hydrogen-bond donors (Lipinski definition) is 0. The van der Waals surface area contributed by atoms with Gasteiger partial charge in [0.2, 0.25) is 0 Å². The van der Waals surface area contributed by atoms with E-state index in [1.807, 2.05) is 12.1 Å². The molecule has 1 amide bonds. The zero-order valence-electron chi connectivity index (χ0n) is 26.3. The van der Waals surface area contributed by atoms with Crippen molar-refractivity contribution in [2.24, 2.45) is 0 Å². The maximum absolute atomic E-state index is 14.1. The summed E-state index contributed by atoms with van der Waals surface area (Å²) >= 11 is 0. The van der Waals surface area contributed by atoms with Gasteiger partial charge in [0.1, 0.15) is 0 Å². The summed E-state index contributed by atoms with van der Waals surface area (Å²) in [5, 5.41) is 0. The molecule has 2 fully saturated rings. The maximum Gasteiger partial charge on any atom is 0.254 e. The van der Waals surface area contributed by atoms with E-state index in [2.05, 4.69) is 119 Å². The molecular formula is C40H47N3O. The fourth-order valence-corrected chi connectivity index (χ4v) is 7.21. The molecule has 0 radical (unpaired) electrons. The fourth-order valence-electron chi connectivity index (χ4n) is 7.21. The van der Waals surface area contributed by atoms with Crippen molar-refractivity contribution in [2.75, 3.05) is 37.6 Å². The number of aryl methyl sites for hydroxylation is 1. The summed E-state index contributed by atoms with van der Waals surface area (Å²) in [6.45, 7) is 7.98. The highest BCUT2D eigenvalue weighted by molar-refractivity contribution is 5.95. The zero-order chi connectivity index (χ0) is 30.1. The van der Waals surface area contributed by atoms with Gasteiger partial charge in [-0.2, -0.15) is 0 Å². The minimum Gasteiger partial charge on any atom is -0.369 e. The predicted octanol–water partition coefficient (Wildman–Crippen LogP) is 8.31. The topological polar surface area (TPSA) is 26.8 Å². The third-order valence-corrected chi connectivity index (χ3v) is 9.78. The SMILES string of the molecule is Cc1ccc(C(=O)N(Cc2ccccc2)C2CCCCC2)cc1N1CCN(CCC(c2ccccc2)c2ccccc2)CC1. The third-order valence-electron chi connectivity index (χ3n) is 9.78. The Bertz CT molecular complexity index is 1420. The number of piperazine rings is 1. The first-order valence-corrected chi connectivity index (χ1v) is 16.7. The van der Waals surface area contributed by atoms with Crippen LogP contribution in [0.4, 0.5) is 5.69 Å². The van der Waals surface area contributed by atoms with Crippen LogP contribution in [0.15, 0.2) is 109 Å². The lowest BCUT2D eigenvalue weighted by atomic mass is 9.88. The van der Waals surface area contributed by atoms with Crippen molar-refractivity contribution in [1.82, 2.24) is 9.80 Å². The van der Waals surface area contributed by atoms with Gasteiger partial charge in [0.25, 0.3) is 5.91 Å². The Kier molecular flexibility index (Phi) is 10.1. The molecule has 0 spiro atoms. The van der Waals surface area contributed by atoms with Crippen LogP contribution in [-0.2, 0) is 6.54 Å². The van der Waals surface area contributed by atoms with E-state index in [4.69, 9.17) is 0 Å². The molecule has 2 aliphatic rings. The van der Waals surface area contributed by atoms with Gasteiger partial charge in [-0.05, 0) is 67.1 Å². The van der Waals surface area contributed by atoms with Gasteiger partial charge >= 0.3 is 0 Å². The van der Waals surface area contributed by atoms with E-state index in [1.165, 1.54) is 47.2 Å². The average Bonchev–Trinajstić information content (AvgIpc) is 3.09. The van der Waals surface area contributed by atoms with Crippen LogP contribution < -0.4 is 4.90 Å². The van der Waals surface area contributed by atoms with Crippen LogP contribution in [0.5, 0.6) is 0 Å². The van der Waals surface area contributed by atoms with Crippen LogP contribution in [0.3, 0.4) is 0 Å². The number of amides is 1. The molecule has 1 aliphatic heterocycles. The zero-order valence-corrected chi connectivity index (χ0v) is 26.3. The number of anilines is 1. The van der Waals surface area contributed by atoms with Crippen LogP contribution in [0, 0.1) is 6.92 Å². The van der Waals surface area contributed by atoms with E-state index in [-0.39, 0.29) is 5.91 Å². The van der Waals surface area contributed by atoms with E-state index in [9.17, 15) is 4.79 Å². The monoisotopic (exact) mass is 585 g/mol. The van der Waals surface area contributed by atoms with E-state index in [1.54, 1.807) is 0 Å². The highest BCUT2D eigenvalue weighted by atomic mass is 16.2. The molecule has 4 heteroatoms. The number of rotatable bonds is 10. The molecule has 1 saturated heterocycles. The third kappa shape index (κ3) is 7.42. The largest absolute Gasteiger partial charge is 0.369 e. The predicted molar refractivity (Wildman–Crippen MR) is 182 cm³/mol. The first-order valence-electron chi connectivity index (χ1n) is 16.7. The van der Waals surface area contributed by atoms with Crippen molar-refractivity contribution in [1.29, 1.82) is 0 Å². The molecule has 0 N–H and O–H groups in total.